The van der Waals surface area contributed by atoms with Crippen LogP contribution < -0.4 is 0 Å². The molecule has 1 N–H and O–H groups in total. The maximum Gasteiger partial charge on any atom is 0.308 e. The summed E-state index contributed by atoms with van der Waals surface area (Å²) in [6.07, 6.45) is 2.38. The molecular formula is C15H27NO3. The number of nitrogens with zero attached hydrogens (tertiary/aromatic N) is 1. The van der Waals surface area contributed by atoms with Gasteiger partial charge in [-0.3, -0.25) is 9.59 Å². The van der Waals surface area contributed by atoms with Crippen molar-refractivity contribution in [1.29, 1.82) is 0 Å². The minimum Gasteiger partial charge on any atom is -0.481 e. The summed E-state index contributed by atoms with van der Waals surface area (Å²) in [6, 6.07) is -0.101. The summed E-state index contributed by atoms with van der Waals surface area (Å²) in [6.45, 7) is 10.1. The highest BCUT2D eigenvalue weighted by atomic mass is 16.4. The zero-order valence-corrected chi connectivity index (χ0v) is 12.7. The number of rotatable bonds is 5. The van der Waals surface area contributed by atoms with E-state index in [2.05, 4.69) is 20.8 Å². The fraction of sp³-hybridized carbons (Fsp3) is 0.867. The molecule has 0 spiro atoms. The molecular weight excluding hydrogens is 242 g/mol. The lowest BCUT2D eigenvalue weighted by molar-refractivity contribution is -0.157. The van der Waals surface area contributed by atoms with Crippen molar-refractivity contribution in [2.24, 2.45) is 17.8 Å². The Morgan fingerprint density at radius 2 is 1.89 bits per heavy atom. The molecule has 4 atom stereocenters. The van der Waals surface area contributed by atoms with Crippen LogP contribution in [0.25, 0.3) is 0 Å². The van der Waals surface area contributed by atoms with E-state index in [0.717, 1.165) is 12.8 Å². The number of likely N-dealkylation sites (tertiary alicyclic amines) is 1. The molecule has 110 valence electrons. The van der Waals surface area contributed by atoms with Crippen molar-refractivity contribution >= 4 is 11.9 Å². The van der Waals surface area contributed by atoms with Gasteiger partial charge in [0.25, 0.3) is 0 Å². The van der Waals surface area contributed by atoms with Crippen molar-refractivity contribution in [3.63, 3.8) is 0 Å². The zero-order valence-electron chi connectivity index (χ0n) is 12.7. The van der Waals surface area contributed by atoms with E-state index in [-0.39, 0.29) is 23.9 Å². The highest BCUT2D eigenvalue weighted by Crippen LogP contribution is 2.33. The van der Waals surface area contributed by atoms with Crippen LogP contribution in [0.3, 0.4) is 0 Å². The first-order valence-electron chi connectivity index (χ1n) is 7.39. The lowest BCUT2D eigenvalue weighted by atomic mass is 9.79. The molecule has 1 saturated heterocycles. The van der Waals surface area contributed by atoms with E-state index < -0.39 is 11.9 Å². The van der Waals surface area contributed by atoms with Gasteiger partial charge in [0, 0.05) is 18.5 Å². The second-order valence-electron chi connectivity index (χ2n) is 5.90. The average Bonchev–Trinajstić information content (AvgIpc) is 2.28. The maximum absolute atomic E-state index is 12.3. The van der Waals surface area contributed by atoms with Gasteiger partial charge in [-0.1, -0.05) is 33.6 Å². The summed E-state index contributed by atoms with van der Waals surface area (Å²) in [7, 11) is 0. The molecule has 0 radical (unpaired) electrons. The first-order chi connectivity index (χ1) is 8.84. The number of carboxylic acid groups (broad SMARTS) is 1. The topological polar surface area (TPSA) is 57.6 Å². The summed E-state index contributed by atoms with van der Waals surface area (Å²) in [4.78, 5) is 25.5. The lowest BCUT2D eigenvalue weighted by Crippen LogP contribution is -2.57. The molecule has 1 aliphatic heterocycles. The Morgan fingerprint density at radius 1 is 1.37 bits per heavy atom. The van der Waals surface area contributed by atoms with E-state index >= 15 is 0 Å². The number of piperidine rings is 1. The number of carbonyl (C=O) groups excluding carboxylic acids is 1. The summed E-state index contributed by atoms with van der Waals surface area (Å²) in [5.41, 5.74) is 0. The molecule has 0 aromatic carbocycles. The number of amides is 1. The Morgan fingerprint density at radius 3 is 2.32 bits per heavy atom. The zero-order chi connectivity index (χ0) is 14.7. The van der Waals surface area contributed by atoms with E-state index in [1.807, 2.05) is 18.7 Å². The van der Waals surface area contributed by atoms with Gasteiger partial charge in [0.2, 0.25) is 5.91 Å². The van der Waals surface area contributed by atoms with Crippen molar-refractivity contribution in [2.45, 2.75) is 66.0 Å². The fourth-order valence-electron chi connectivity index (χ4n) is 3.63. The molecule has 1 amide bonds. The first-order valence-corrected chi connectivity index (χ1v) is 7.39. The van der Waals surface area contributed by atoms with Crippen LogP contribution in [-0.4, -0.2) is 34.0 Å². The molecule has 1 rings (SSSR count). The second kappa shape index (κ2) is 6.40. The SMILES string of the molecule is CCC(CC)C(C)N1C(=O)CC(C)C(C(=O)O)C1C. The quantitative estimate of drug-likeness (QED) is 0.835. The van der Waals surface area contributed by atoms with Crippen LogP contribution in [0.2, 0.25) is 0 Å². The molecule has 1 aliphatic rings. The molecule has 4 unspecified atom stereocenters. The highest BCUT2D eigenvalue weighted by Gasteiger charge is 2.44. The number of hydrogen-bond acceptors (Lipinski definition) is 2. The number of carbonyl (C=O) groups is 2. The molecule has 0 aromatic rings. The third-order valence-electron chi connectivity index (χ3n) is 4.81. The van der Waals surface area contributed by atoms with Crippen molar-refractivity contribution < 1.29 is 14.7 Å². The third-order valence-corrected chi connectivity index (χ3v) is 4.81. The Hall–Kier alpha value is -1.06. The summed E-state index contributed by atoms with van der Waals surface area (Å²) in [5, 5.41) is 9.38. The van der Waals surface area contributed by atoms with Crippen molar-refractivity contribution in [3.05, 3.63) is 0 Å². The van der Waals surface area contributed by atoms with Gasteiger partial charge in [-0.25, -0.2) is 0 Å². The summed E-state index contributed by atoms with van der Waals surface area (Å²) >= 11 is 0. The molecule has 1 fully saturated rings. The van der Waals surface area contributed by atoms with Crippen LogP contribution in [-0.2, 0) is 9.59 Å². The normalized spacial score (nSPS) is 29.7. The summed E-state index contributed by atoms with van der Waals surface area (Å²) < 4.78 is 0. The molecule has 4 nitrogen and oxygen atoms in total. The third kappa shape index (κ3) is 3.10. The number of carboxylic acids is 1. The van der Waals surface area contributed by atoms with Crippen molar-refractivity contribution in [1.82, 2.24) is 4.90 Å². The fourth-order valence-corrected chi connectivity index (χ4v) is 3.63. The van der Waals surface area contributed by atoms with Crippen molar-refractivity contribution in [3.8, 4) is 0 Å². The molecule has 1 heterocycles. The van der Waals surface area contributed by atoms with E-state index in [4.69, 9.17) is 0 Å². The summed E-state index contributed by atoms with van der Waals surface area (Å²) in [5.74, 6) is -0.764. The first kappa shape index (κ1) is 16.0. The van der Waals surface area contributed by atoms with Gasteiger partial charge >= 0.3 is 5.97 Å². The van der Waals surface area contributed by atoms with Crippen LogP contribution >= 0.6 is 0 Å². The Kier molecular flexibility index (Phi) is 5.39. The van der Waals surface area contributed by atoms with Gasteiger partial charge in [0.05, 0.1) is 5.92 Å². The monoisotopic (exact) mass is 269 g/mol. The van der Waals surface area contributed by atoms with Gasteiger partial charge < -0.3 is 10.0 Å². The molecule has 0 bridgehead atoms. The molecule has 4 heteroatoms. The minimum atomic E-state index is -0.783. The predicted molar refractivity (Wildman–Crippen MR) is 74.7 cm³/mol. The van der Waals surface area contributed by atoms with E-state index in [1.54, 1.807) is 0 Å². The average molecular weight is 269 g/mol. The smallest absolute Gasteiger partial charge is 0.308 e. The molecule has 19 heavy (non-hydrogen) atoms. The van der Waals surface area contributed by atoms with Crippen LogP contribution in [0, 0.1) is 17.8 Å². The second-order valence-corrected chi connectivity index (χ2v) is 5.90. The number of hydrogen-bond donors (Lipinski definition) is 1. The standard InChI is InChI=1S/C15H27NO3/c1-6-12(7-2)10(4)16-11(5)14(15(18)19)9(3)8-13(16)17/h9-12,14H,6-8H2,1-5H3,(H,18,19). The van der Waals surface area contributed by atoms with Crippen molar-refractivity contribution in [2.75, 3.05) is 0 Å². The molecule has 0 aliphatic carbocycles. The highest BCUT2D eigenvalue weighted by molar-refractivity contribution is 5.82. The Labute approximate surface area is 116 Å². The Balaban J connectivity index is 2.98. The number of aliphatic carboxylic acids is 1. The maximum atomic E-state index is 12.3. The van der Waals surface area contributed by atoms with Crippen LogP contribution in [0.5, 0.6) is 0 Å². The van der Waals surface area contributed by atoms with Crippen LogP contribution in [0.4, 0.5) is 0 Å². The van der Waals surface area contributed by atoms with Gasteiger partial charge in [0.15, 0.2) is 0 Å². The Bertz CT molecular complexity index is 338. The van der Waals surface area contributed by atoms with Crippen LogP contribution in [0.1, 0.15) is 53.9 Å². The van der Waals surface area contributed by atoms with E-state index in [9.17, 15) is 14.7 Å². The lowest BCUT2D eigenvalue weighted by Gasteiger charge is -2.46. The van der Waals surface area contributed by atoms with Gasteiger partial charge in [-0.2, -0.15) is 0 Å². The molecule has 0 aromatic heterocycles. The van der Waals surface area contributed by atoms with E-state index in [1.165, 1.54) is 0 Å². The van der Waals surface area contributed by atoms with Gasteiger partial charge in [-0.05, 0) is 25.7 Å². The van der Waals surface area contributed by atoms with E-state index in [0.29, 0.717) is 12.3 Å². The minimum absolute atomic E-state index is 0.0786. The molecule has 0 saturated carbocycles. The van der Waals surface area contributed by atoms with Crippen LogP contribution in [0.15, 0.2) is 0 Å². The largest absolute Gasteiger partial charge is 0.481 e. The van der Waals surface area contributed by atoms with Gasteiger partial charge in [0.1, 0.15) is 0 Å². The predicted octanol–water partition coefficient (Wildman–Crippen LogP) is 2.77. The van der Waals surface area contributed by atoms with Gasteiger partial charge in [-0.15, -0.1) is 0 Å².